The molecule has 21 heavy (non-hydrogen) atoms. The van der Waals surface area contributed by atoms with Crippen LogP contribution >= 0.6 is 0 Å². The fraction of sp³-hybridized carbons (Fsp3) is 0.846. The van der Waals surface area contributed by atoms with Gasteiger partial charge in [-0.25, -0.2) is 4.79 Å². The van der Waals surface area contributed by atoms with Crippen molar-refractivity contribution in [2.75, 3.05) is 26.7 Å². The molecule has 0 heterocycles. The number of carbonyl (C=O) groups excluding carboxylic acids is 2. The zero-order chi connectivity index (χ0) is 16.3. The van der Waals surface area contributed by atoms with Gasteiger partial charge >= 0.3 is 12.1 Å². The molecule has 0 fully saturated rings. The Hall–Kier alpha value is -1.95. The van der Waals surface area contributed by atoms with Crippen LogP contribution in [-0.2, 0) is 14.3 Å². The summed E-state index contributed by atoms with van der Waals surface area (Å²) in [5.41, 5.74) is 7.59. The van der Waals surface area contributed by atoms with Gasteiger partial charge in [-0.05, 0) is 39.1 Å². The Kier molecular flexibility index (Phi) is 8.96. The summed E-state index contributed by atoms with van der Waals surface area (Å²) >= 11 is 0. The molecular formula is C13H24N4O4. The molecule has 0 rings (SSSR count). The van der Waals surface area contributed by atoms with E-state index in [1.165, 1.54) is 12.0 Å². The SMILES string of the molecule is COC(=O)CCN(CCCCN=[N+]=[N-])C(=O)OC(C)(C)C. The van der Waals surface area contributed by atoms with E-state index in [9.17, 15) is 9.59 Å². The minimum atomic E-state index is -0.592. The molecule has 0 aromatic rings. The van der Waals surface area contributed by atoms with Crippen molar-refractivity contribution in [3.8, 4) is 0 Å². The molecular weight excluding hydrogens is 276 g/mol. The van der Waals surface area contributed by atoms with E-state index in [1.54, 1.807) is 20.8 Å². The number of esters is 1. The predicted octanol–water partition coefficient (Wildman–Crippen LogP) is 2.88. The highest BCUT2D eigenvalue weighted by atomic mass is 16.6. The lowest BCUT2D eigenvalue weighted by Crippen LogP contribution is -2.38. The van der Waals surface area contributed by atoms with Crippen LogP contribution in [0.2, 0.25) is 0 Å². The fourth-order valence-electron chi connectivity index (χ4n) is 1.48. The molecule has 0 bridgehead atoms. The first kappa shape index (κ1) is 19.1. The van der Waals surface area contributed by atoms with Crippen molar-refractivity contribution >= 4 is 12.1 Å². The number of rotatable bonds is 8. The average molecular weight is 300 g/mol. The summed E-state index contributed by atoms with van der Waals surface area (Å²) in [7, 11) is 1.31. The number of carbonyl (C=O) groups is 2. The standard InChI is InChI=1S/C13H24N4O4/c1-13(2,3)21-12(19)17(10-7-11(18)20-4)9-6-5-8-15-16-14/h5-10H2,1-4H3. The van der Waals surface area contributed by atoms with Crippen molar-refractivity contribution < 1.29 is 19.1 Å². The van der Waals surface area contributed by atoms with Gasteiger partial charge in [-0.2, -0.15) is 0 Å². The zero-order valence-corrected chi connectivity index (χ0v) is 13.2. The van der Waals surface area contributed by atoms with Crippen LogP contribution in [0.5, 0.6) is 0 Å². The maximum absolute atomic E-state index is 12.0. The lowest BCUT2D eigenvalue weighted by Gasteiger charge is -2.27. The van der Waals surface area contributed by atoms with Crippen LogP contribution in [0.4, 0.5) is 4.79 Å². The normalized spacial score (nSPS) is 10.5. The van der Waals surface area contributed by atoms with Gasteiger partial charge in [-0.1, -0.05) is 5.11 Å². The van der Waals surface area contributed by atoms with Crippen LogP contribution < -0.4 is 0 Å². The van der Waals surface area contributed by atoms with E-state index in [-0.39, 0.29) is 18.9 Å². The number of hydrogen-bond donors (Lipinski definition) is 0. The largest absolute Gasteiger partial charge is 0.469 e. The molecule has 0 atom stereocenters. The third-order valence-electron chi connectivity index (χ3n) is 2.46. The highest BCUT2D eigenvalue weighted by Gasteiger charge is 2.22. The molecule has 120 valence electrons. The van der Waals surface area contributed by atoms with E-state index in [4.69, 9.17) is 10.3 Å². The molecule has 8 nitrogen and oxygen atoms in total. The van der Waals surface area contributed by atoms with E-state index in [2.05, 4.69) is 14.8 Å². The summed E-state index contributed by atoms with van der Waals surface area (Å²) in [5.74, 6) is -0.377. The molecule has 0 saturated heterocycles. The van der Waals surface area contributed by atoms with E-state index in [0.29, 0.717) is 25.9 Å². The summed E-state index contributed by atoms with van der Waals surface area (Å²) in [5, 5.41) is 3.43. The molecule has 0 N–H and O–H groups in total. The second-order valence-corrected chi connectivity index (χ2v) is 5.46. The van der Waals surface area contributed by atoms with Gasteiger partial charge in [0.1, 0.15) is 5.60 Å². The molecule has 1 amide bonds. The highest BCUT2D eigenvalue weighted by Crippen LogP contribution is 2.11. The molecule has 0 aromatic carbocycles. The molecule has 0 aliphatic rings. The third kappa shape index (κ3) is 10.5. The van der Waals surface area contributed by atoms with Crippen LogP contribution in [0.1, 0.15) is 40.0 Å². The van der Waals surface area contributed by atoms with Gasteiger partial charge in [0.2, 0.25) is 0 Å². The van der Waals surface area contributed by atoms with Gasteiger partial charge < -0.3 is 14.4 Å². The molecule has 0 unspecified atom stereocenters. The number of ether oxygens (including phenoxy) is 2. The number of azide groups is 1. The Labute approximate surface area is 125 Å². The van der Waals surface area contributed by atoms with Gasteiger partial charge in [-0.15, -0.1) is 0 Å². The lowest BCUT2D eigenvalue weighted by atomic mass is 10.2. The minimum Gasteiger partial charge on any atom is -0.469 e. The van der Waals surface area contributed by atoms with Gasteiger partial charge in [0.15, 0.2) is 0 Å². The van der Waals surface area contributed by atoms with Crippen LogP contribution in [0, 0.1) is 0 Å². The Bertz CT molecular complexity index is 386. The first-order valence-corrected chi connectivity index (χ1v) is 6.85. The summed E-state index contributed by atoms with van der Waals surface area (Å²) in [6.07, 6.45) is 0.989. The second kappa shape index (κ2) is 9.88. The van der Waals surface area contributed by atoms with Gasteiger partial charge in [0.25, 0.3) is 0 Å². The Morgan fingerprint density at radius 1 is 1.24 bits per heavy atom. The van der Waals surface area contributed by atoms with Crippen molar-refractivity contribution in [2.45, 2.75) is 45.6 Å². The number of unbranched alkanes of at least 4 members (excludes halogenated alkanes) is 1. The lowest BCUT2D eigenvalue weighted by molar-refractivity contribution is -0.140. The number of nitrogens with zero attached hydrogens (tertiary/aromatic N) is 4. The van der Waals surface area contributed by atoms with E-state index in [1.807, 2.05) is 0 Å². The first-order chi connectivity index (χ1) is 9.80. The molecule has 0 aliphatic carbocycles. The van der Waals surface area contributed by atoms with Gasteiger partial charge in [0.05, 0.1) is 13.5 Å². The van der Waals surface area contributed by atoms with Crippen molar-refractivity contribution in [3.63, 3.8) is 0 Å². The smallest absolute Gasteiger partial charge is 0.410 e. The quantitative estimate of drug-likeness (QED) is 0.226. The Morgan fingerprint density at radius 2 is 1.90 bits per heavy atom. The summed E-state index contributed by atoms with van der Waals surface area (Å²) in [6.45, 7) is 6.41. The minimum absolute atomic E-state index is 0.117. The van der Waals surface area contributed by atoms with Crippen molar-refractivity contribution in [3.05, 3.63) is 10.4 Å². The fourth-order valence-corrected chi connectivity index (χ4v) is 1.48. The molecule has 0 radical (unpaired) electrons. The monoisotopic (exact) mass is 300 g/mol. The van der Waals surface area contributed by atoms with Crippen LogP contribution in [0.15, 0.2) is 5.11 Å². The molecule has 0 spiro atoms. The molecule has 0 aromatic heterocycles. The number of hydrogen-bond acceptors (Lipinski definition) is 5. The summed E-state index contributed by atoms with van der Waals surface area (Å²) in [6, 6.07) is 0. The topological polar surface area (TPSA) is 105 Å². The third-order valence-corrected chi connectivity index (χ3v) is 2.46. The first-order valence-electron chi connectivity index (χ1n) is 6.85. The van der Waals surface area contributed by atoms with Gasteiger partial charge in [0, 0.05) is 24.5 Å². The maximum Gasteiger partial charge on any atom is 0.410 e. The van der Waals surface area contributed by atoms with Crippen LogP contribution in [0.25, 0.3) is 10.4 Å². The Morgan fingerprint density at radius 3 is 2.43 bits per heavy atom. The number of amides is 1. The summed E-state index contributed by atoms with van der Waals surface area (Å²) < 4.78 is 9.86. The van der Waals surface area contributed by atoms with Crippen LogP contribution in [0.3, 0.4) is 0 Å². The zero-order valence-electron chi connectivity index (χ0n) is 13.2. The van der Waals surface area contributed by atoms with E-state index in [0.717, 1.165) is 0 Å². The van der Waals surface area contributed by atoms with E-state index < -0.39 is 11.7 Å². The Balaban J connectivity index is 4.42. The van der Waals surface area contributed by atoms with Crippen molar-refractivity contribution in [1.29, 1.82) is 0 Å². The van der Waals surface area contributed by atoms with Crippen molar-refractivity contribution in [1.82, 2.24) is 4.90 Å². The summed E-state index contributed by atoms with van der Waals surface area (Å²) in [4.78, 5) is 27.4. The predicted molar refractivity (Wildman–Crippen MR) is 77.7 cm³/mol. The van der Waals surface area contributed by atoms with Crippen LogP contribution in [-0.4, -0.2) is 49.3 Å². The van der Waals surface area contributed by atoms with Crippen molar-refractivity contribution in [2.24, 2.45) is 5.11 Å². The van der Waals surface area contributed by atoms with E-state index >= 15 is 0 Å². The maximum atomic E-state index is 12.0. The molecule has 0 aliphatic heterocycles. The highest BCUT2D eigenvalue weighted by molar-refractivity contribution is 5.72. The molecule has 0 saturated carbocycles. The second-order valence-electron chi connectivity index (χ2n) is 5.46. The average Bonchev–Trinajstić information content (AvgIpc) is 2.39. The van der Waals surface area contributed by atoms with Gasteiger partial charge in [-0.3, -0.25) is 4.79 Å². The number of methoxy groups -OCH3 is 1. The molecule has 8 heteroatoms.